The number of hydrogen-bond acceptors (Lipinski definition) is 8. The smallest absolute Gasteiger partial charge is 0.809 e. The van der Waals surface area contributed by atoms with Gasteiger partial charge in [0, 0.05) is 18.1 Å². The molecule has 0 saturated carbocycles. The third-order valence-electron chi connectivity index (χ3n) is 3.29. The zero-order valence-electron chi connectivity index (χ0n) is 15.7. The van der Waals surface area contributed by atoms with Crippen LogP contribution in [0, 0.1) is 0 Å². The third kappa shape index (κ3) is 15.2. The van der Waals surface area contributed by atoms with Crippen molar-refractivity contribution in [2.45, 2.75) is 49.2 Å². The maximum absolute atomic E-state index is 11.0. The molecular formula is C13H23N3Na2O6P2S. The quantitative estimate of drug-likeness (QED) is 0.0860. The summed E-state index contributed by atoms with van der Waals surface area (Å²) in [6.45, 7) is 0.0748. The molecule has 144 valence electrons. The van der Waals surface area contributed by atoms with Gasteiger partial charge in [-0.2, -0.15) is 0 Å². The van der Waals surface area contributed by atoms with Crippen LogP contribution in [0.15, 0.2) is 23.6 Å². The summed E-state index contributed by atoms with van der Waals surface area (Å²) in [6.07, 6.45) is 8.78. The van der Waals surface area contributed by atoms with Crippen molar-refractivity contribution in [3.8, 4) is 0 Å². The van der Waals surface area contributed by atoms with Crippen molar-refractivity contribution in [1.82, 2.24) is 15.3 Å². The Labute approximate surface area is 208 Å². The summed E-state index contributed by atoms with van der Waals surface area (Å²) in [5, 5.41) is 2.93. The molecule has 1 heterocycles. The van der Waals surface area contributed by atoms with Gasteiger partial charge in [-0.15, -0.1) is 0 Å². The zero-order valence-corrected chi connectivity index (χ0v) is 22.3. The molecule has 1 atom stereocenters. The number of aromatic nitrogens is 2. The summed E-state index contributed by atoms with van der Waals surface area (Å²) < 4.78 is 21.8. The van der Waals surface area contributed by atoms with Crippen LogP contribution in [0.25, 0.3) is 0 Å². The fourth-order valence-electron chi connectivity index (χ4n) is 2.10. The number of thioether (sulfide) groups is 1. The summed E-state index contributed by atoms with van der Waals surface area (Å²) in [6, 6.07) is 1.77. The van der Waals surface area contributed by atoms with Gasteiger partial charge in [-0.25, -0.2) is 9.97 Å². The van der Waals surface area contributed by atoms with E-state index in [-0.39, 0.29) is 65.7 Å². The Kier molecular flexibility index (Phi) is 18.7. The van der Waals surface area contributed by atoms with Gasteiger partial charge in [0.1, 0.15) is 5.52 Å². The van der Waals surface area contributed by atoms with E-state index in [4.69, 9.17) is 9.79 Å². The molecule has 0 aliphatic rings. The molecule has 3 N–H and O–H groups in total. The Morgan fingerprint density at radius 3 is 2.04 bits per heavy atom. The van der Waals surface area contributed by atoms with Gasteiger partial charge < -0.3 is 24.1 Å². The topological polar surface area (TPSA) is 159 Å². The molecule has 9 nitrogen and oxygen atoms in total. The minimum atomic E-state index is -5.38. The molecule has 0 aromatic carbocycles. The van der Waals surface area contributed by atoms with Crippen LogP contribution in [0.3, 0.4) is 0 Å². The molecule has 1 rings (SSSR count). The van der Waals surface area contributed by atoms with Crippen LogP contribution in [0.1, 0.15) is 38.5 Å². The van der Waals surface area contributed by atoms with Crippen LogP contribution in [-0.4, -0.2) is 37.6 Å². The van der Waals surface area contributed by atoms with Crippen LogP contribution in [0.4, 0.5) is 0 Å². The van der Waals surface area contributed by atoms with Gasteiger partial charge in [0.2, 0.25) is 0 Å². The van der Waals surface area contributed by atoms with Gasteiger partial charge in [-0.1, -0.05) is 37.4 Å². The van der Waals surface area contributed by atoms with E-state index in [0.29, 0.717) is 6.42 Å². The van der Waals surface area contributed by atoms with Crippen LogP contribution in [0.2, 0.25) is 0 Å². The molecule has 0 aliphatic heterocycles. The Morgan fingerprint density at radius 2 is 1.52 bits per heavy atom. The van der Waals surface area contributed by atoms with Crippen molar-refractivity contribution in [2.75, 3.05) is 12.3 Å². The number of nitrogens with zero attached hydrogens (tertiary/aromatic N) is 2. The van der Waals surface area contributed by atoms with Crippen molar-refractivity contribution < 1.29 is 87.8 Å². The molecule has 0 saturated heterocycles. The molecule has 1 aromatic heterocycles. The molecule has 1 unspecified atom stereocenters. The normalized spacial score (nSPS) is 12.7. The van der Waals surface area contributed by atoms with E-state index >= 15 is 0 Å². The molecule has 0 bridgehead atoms. The third-order valence-corrected chi connectivity index (χ3v) is 7.60. The van der Waals surface area contributed by atoms with Crippen molar-refractivity contribution in [3.63, 3.8) is 0 Å². The molecule has 27 heavy (non-hydrogen) atoms. The summed E-state index contributed by atoms with van der Waals surface area (Å²) in [5.41, 5.74) is -2.34. The summed E-state index contributed by atoms with van der Waals surface area (Å²) in [7, 11) is -10.4. The summed E-state index contributed by atoms with van der Waals surface area (Å²) in [4.78, 5) is 47.7. The monoisotopic (exact) mass is 457 g/mol. The van der Waals surface area contributed by atoms with Crippen LogP contribution in [-0.2, 0) is 9.13 Å². The van der Waals surface area contributed by atoms with Gasteiger partial charge in [0.25, 0.3) is 0 Å². The van der Waals surface area contributed by atoms with Gasteiger partial charge in [0.15, 0.2) is 5.16 Å². The van der Waals surface area contributed by atoms with E-state index in [2.05, 4.69) is 15.3 Å². The second-order valence-electron chi connectivity index (χ2n) is 5.46. The van der Waals surface area contributed by atoms with Crippen molar-refractivity contribution >= 4 is 27.0 Å². The van der Waals surface area contributed by atoms with E-state index in [1.807, 2.05) is 0 Å². The Morgan fingerprint density at radius 1 is 1.00 bits per heavy atom. The number of hydrogen-bond donors (Lipinski definition) is 3. The van der Waals surface area contributed by atoms with E-state index in [1.165, 1.54) is 0 Å². The molecule has 1 aromatic rings. The maximum Gasteiger partial charge on any atom is 1.00 e. The van der Waals surface area contributed by atoms with Crippen LogP contribution in [0.5, 0.6) is 0 Å². The molecule has 14 heteroatoms. The number of rotatable bonds is 13. The standard InChI is InChI=1S/C13H25N3O6P2S.2Na/c17-23(18,19)13(24(20,21)22)16-8-5-3-1-2-4-6-11-25-12-14-9-7-10-15-12;;/h7,9-10,13,16H,1-6,8,11H2,(H2,17,18,19)(H2,20,21,22);;/q;2*+1/p-2. The molecule has 0 amide bonds. The Balaban J connectivity index is 0. The van der Waals surface area contributed by atoms with Gasteiger partial charge >= 0.3 is 66.7 Å². The van der Waals surface area contributed by atoms with E-state index in [0.717, 1.165) is 43.0 Å². The molecular weight excluding hydrogens is 434 g/mol. The first kappa shape index (κ1) is 30.9. The Hall–Kier alpha value is 1.69. The first-order chi connectivity index (χ1) is 11.7. The predicted molar refractivity (Wildman–Crippen MR) is 91.9 cm³/mol. The number of nitrogens with one attached hydrogen (secondary N) is 1. The molecule has 0 radical (unpaired) electrons. The van der Waals surface area contributed by atoms with E-state index < -0.39 is 20.7 Å². The fourth-order valence-corrected chi connectivity index (χ4v) is 5.10. The first-order valence-corrected chi connectivity index (χ1v) is 12.2. The molecule has 0 spiro atoms. The van der Waals surface area contributed by atoms with Gasteiger partial charge in [-0.05, 0) is 33.0 Å². The predicted octanol–water partition coefficient (Wildman–Crippen LogP) is -5.12. The molecule has 0 aliphatic carbocycles. The second kappa shape index (κ2) is 16.4. The zero-order chi connectivity index (χ0) is 18.8. The largest absolute Gasteiger partial charge is 1.00 e. The van der Waals surface area contributed by atoms with Gasteiger partial charge in [-0.3, -0.25) is 9.88 Å². The average Bonchev–Trinajstić information content (AvgIpc) is 2.51. The van der Waals surface area contributed by atoms with Crippen molar-refractivity contribution in [1.29, 1.82) is 0 Å². The molecule has 0 fully saturated rings. The van der Waals surface area contributed by atoms with Gasteiger partial charge in [0.05, 0.1) is 0 Å². The maximum atomic E-state index is 11.0. The summed E-state index contributed by atoms with van der Waals surface area (Å²) >= 11 is 1.61. The van der Waals surface area contributed by atoms with Crippen LogP contribution >= 0.6 is 27.0 Å². The van der Waals surface area contributed by atoms with Crippen molar-refractivity contribution in [2.24, 2.45) is 0 Å². The average molecular weight is 457 g/mol. The van der Waals surface area contributed by atoms with Crippen LogP contribution < -0.4 is 74.2 Å². The fraction of sp³-hybridized carbons (Fsp3) is 0.692. The number of unbranched alkanes of at least 4 members (excludes halogenated alkanes) is 5. The first-order valence-electron chi connectivity index (χ1n) is 7.91. The van der Waals surface area contributed by atoms with Crippen molar-refractivity contribution in [3.05, 3.63) is 18.5 Å². The Bertz CT molecular complexity index is 571. The SMILES string of the molecule is O=P([O-])([O-])C(NCCCCCCCCSc1ncccn1)P(=O)(O)O.[Na+].[Na+]. The minimum Gasteiger partial charge on any atom is -0.809 e. The second-order valence-corrected chi connectivity index (χ2v) is 10.2. The van der Waals surface area contributed by atoms with E-state index in [1.54, 1.807) is 30.2 Å². The summed E-state index contributed by atoms with van der Waals surface area (Å²) in [5.74, 6) is 0.942. The minimum absolute atomic E-state index is 0. The van der Waals surface area contributed by atoms with E-state index in [9.17, 15) is 18.9 Å².